The van der Waals surface area contributed by atoms with Crippen LogP contribution in [0.15, 0.2) is 18.2 Å². The highest BCUT2D eigenvalue weighted by Gasteiger charge is 2.20. The van der Waals surface area contributed by atoms with E-state index in [9.17, 15) is 9.18 Å². The second-order valence-electron chi connectivity index (χ2n) is 3.77. The summed E-state index contributed by atoms with van der Waals surface area (Å²) >= 11 is 0. The van der Waals surface area contributed by atoms with Crippen LogP contribution in [0.1, 0.15) is 28.8 Å². The molecule has 3 nitrogen and oxygen atoms in total. The minimum atomic E-state index is -1.22. The van der Waals surface area contributed by atoms with Gasteiger partial charge in [-0.15, -0.1) is 0 Å². The molecule has 0 spiro atoms. The molecule has 0 aromatic heterocycles. The first-order valence-electron chi connectivity index (χ1n) is 4.92. The number of hydrogen-bond donors (Lipinski definition) is 2. The predicted molar refractivity (Wildman–Crippen MR) is 53.2 cm³/mol. The number of nitrogens with one attached hydrogen (secondary N) is 1. The third-order valence-corrected chi connectivity index (χ3v) is 2.43. The summed E-state index contributed by atoms with van der Waals surface area (Å²) < 4.78 is 13.0. The van der Waals surface area contributed by atoms with Gasteiger partial charge in [0.25, 0.3) is 0 Å². The van der Waals surface area contributed by atoms with Crippen LogP contribution in [-0.2, 0) is 6.54 Å². The molecule has 0 atom stereocenters. The lowest BCUT2D eigenvalue weighted by atomic mass is 10.1. The summed E-state index contributed by atoms with van der Waals surface area (Å²) in [5.41, 5.74) is 0.547. The Morgan fingerprint density at radius 1 is 1.53 bits per heavy atom. The quantitative estimate of drug-likeness (QED) is 0.794. The Balaban J connectivity index is 2.10. The number of halogens is 1. The Hall–Kier alpha value is -1.42. The van der Waals surface area contributed by atoms with Gasteiger partial charge >= 0.3 is 5.97 Å². The molecule has 0 saturated heterocycles. The molecule has 0 heterocycles. The lowest BCUT2D eigenvalue weighted by Crippen LogP contribution is -2.15. The summed E-state index contributed by atoms with van der Waals surface area (Å²) in [6.07, 6.45) is 2.35. The van der Waals surface area contributed by atoms with Gasteiger partial charge < -0.3 is 10.4 Å². The molecule has 1 aliphatic carbocycles. The normalized spacial score (nSPS) is 15.3. The molecule has 0 bridgehead atoms. The average Bonchev–Trinajstić information content (AvgIpc) is 3.00. The number of hydrogen-bond acceptors (Lipinski definition) is 2. The predicted octanol–water partition coefficient (Wildman–Crippen LogP) is 1.78. The number of carbonyl (C=O) groups is 1. The lowest BCUT2D eigenvalue weighted by Gasteiger charge is -2.04. The highest BCUT2D eigenvalue weighted by Crippen LogP contribution is 2.19. The first-order valence-corrected chi connectivity index (χ1v) is 4.92. The van der Waals surface area contributed by atoms with Crippen molar-refractivity contribution in [1.82, 2.24) is 5.32 Å². The van der Waals surface area contributed by atoms with Crippen molar-refractivity contribution < 1.29 is 14.3 Å². The maximum Gasteiger partial charge on any atom is 0.338 e. The SMILES string of the molecule is O=C(O)c1cc(CNC2CC2)ccc1F. The third-order valence-electron chi connectivity index (χ3n) is 2.43. The van der Waals surface area contributed by atoms with E-state index in [1.165, 1.54) is 25.0 Å². The molecule has 4 heteroatoms. The molecule has 0 amide bonds. The van der Waals surface area contributed by atoms with E-state index in [-0.39, 0.29) is 5.56 Å². The van der Waals surface area contributed by atoms with E-state index < -0.39 is 11.8 Å². The van der Waals surface area contributed by atoms with Gasteiger partial charge in [0, 0.05) is 12.6 Å². The van der Waals surface area contributed by atoms with Gasteiger partial charge in [0.15, 0.2) is 0 Å². The molecule has 1 aliphatic rings. The highest BCUT2D eigenvalue weighted by atomic mass is 19.1. The maximum absolute atomic E-state index is 13.0. The molecule has 15 heavy (non-hydrogen) atoms. The molecule has 2 N–H and O–H groups in total. The van der Waals surface area contributed by atoms with Crippen LogP contribution in [0.4, 0.5) is 4.39 Å². The molecule has 0 radical (unpaired) electrons. The fourth-order valence-electron chi connectivity index (χ4n) is 1.40. The number of aromatic carboxylic acids is 1. The molecule has 1 aromatic carbocycles. The van der Waals surface area contributed by atoms with Gasteiger partial charge in [-0.25, -0.2) is 9.18 Å². The molecule has 2 rings (SSSR count). The molecular weight excluding hydrogens is 197 g/mol. The van der Waals surface area contributed by atoms with Crippen LogP contribution in [0, 0.1) is 5.82 Å². The Bertz CT molecular complexity index is 388. The van der Waals surface area contributed by atoms with Crippen molar-refractivity contribution in [3.63, 3.8) is 0 Å². The molecular formula is C11H12FNO2. The van der Waals surface area contributed by atoms with Crippen molar-refractivity contribution in [3.05, 3.63) is 35.1 Å². The van der Waals surface area contributed by atoms with Gasteiger partial charge in [-0.1, -0.05) is 6.07 Å². The van der Waals surface area contributed by atoms with Crippen molar-refractivity contribution in [2.45, 2.75) is 25.4 Å². The fourth-order valence-corrected chi connectivity index (χ4v) is 1.40. The molecule has 0 aliphatic heterocycles. The Morgan fingerprint density at radius 3 is 2.87 bits per heavy atom. The van der Waals surface area contributed by atoms with Crippen molar-refractivity contribution in [2.24, 2.45) is 0 Å². The zero-order chi connectivity index (χ0) is 10.8. The largest absolute Gasteiger partial charge is 0.478 e. The fraction of sp³-hybridized carbons (Fsp3) is 0.364. The number of rotatable bonds is 4. The molecule has 1 fully saturated rings. The monoisotopic (exact) mass is 209 g/mol. The van der Waals surface area contributed by atoms with Crippen LogP contribution in [0.25, 0.3) is 0 Å². The summed E-state index contributed by atoms with van der Waals surface area (Å²) in [6.45, 7) is 0.602. The minimum Gasteiger partial charge on any atom is -0.478 e. The van der Waals surface area contributed by atoms with Crippen molar-refractivity contribution in [1.29, 1.82) is 0 Å². The first kappa shape index (κ1) is 10.1. The van der Waals surface area contributed by atoms with Crippen molar-refractivity contribution >= 4 is 5.97 Å². The van der Waals surface area contributed by atoms with Crippen LogP contribution in [0.2, 0.25) is 0 Å². The van der Waals surface area contributed by atoms with Crippen LogP contribution >= 0.6 is 0 Å². The second kappa shape index (κ2) is 3.98. The number of carboxylic acid groups (broad SMARTS) is 1. The van der Waals surface area contributed by atoms with Gasteiger partial charge in [-0.3, -0.25) is 0 Å². The average molecular weight is 209 g/mol. The molecule has 1 aromatic rings. The highest BCUT2D eigenvalue weighted by molar-refractivity contribution is 5.88. The maximum atomic E-state index is 13.0. The Kier molecular flexibility index (Phi) is 2.68. The Morgan fingerprint density at radius 2 is 2.27 bits per heavy atom. The minimum absolute atomic E-state index is 0.259. The van der Waals surface area contributed by atoms with Crippen LogP contribution in [0.5, 0.6) is 0 Å². The van der Waals surface area contributed by atoms with Crippen molar-refractivity contribution in [3.8, 4) is 0 Å². The standard InChI is InChI=1S/C11H12FNO2/c12-10-4-1-7(5-9(10)11(14)15)6-13-8-2-3-8/h1,4-5,8,13H,2-3,6H2,(H,14,15). The lowest BCUT2D eigenvalue weighted by molar-refractivity contribution is 0.0691. The van der Waals surface area contributed by atoms with Gasteiger partial charge in [0.2, 0.25) is 0 Å². The van der Waals surface area contributed by atoms with Gasteiger partial charge in [0.1, 0.15) is 5.82 Å². The topological polar surface area (TPSA) is 49.3 Å². The molecule has 80 valence electrons. The second-order valence-corrected chi connectivity index (χ2v) is 3.77. The molecule has 1 saturated carbocycles. The Labute approximate surface area is 86.9 Å². The summed E-state index contributed by atoms with van der Waals surface area (Å²) in [4.78, 5) is 10.7. The van der Waals surface area contributed by atoms with E-state index in [0.717, 1.165) is 5.56 Å². The smallest absolute Gasteiger partial charge is 0.338 e. The van der Waals surface area contributed by atoms with E-state index in [2.05, 4.69) is 5.32 Å². The van der Waals surface area contributed by atoms with Crippen LogP contribution in [0.3, 0.4) is 0 Å². The third kappa shape index (κ3) is 2.53. The van der Waals surface area contributed by atoms with E-state index >= 15 is 0 Å². The summed E-state index contributed by atoms with van der Waals surface area (Å²) in [7, 11) is 0. The number of benzene rings is 1. The van der Waals surface area contributed by atoms with Crippen LogP contribution in [-0.4, -0.2) is 17.1 Å². The molecule has 0 unspecified atom stereocenters. The summed E-state index contributed by atoms with van der Waals surface area (Å²) in [6, 6.07) is 4.75. The zero-order valence-electron chi connectivity index (χ0n) is 8.16. The summed E-state index contributed by atoms with van der Waals surface area (Å²) in [5.74, 6) is -1.90. The van der Waals surface area contributed by atoms with Crippen LogP contribution < -0.4 is 5.32 Å². The van der Waals surface area contributed by atoms with Crippen molar-refractivity contribution in [2.75, 3.05) is 0 Å². The first-order chi connectivity index (χ1) is 7.16. The number of carboxylic acids is 1. The van der Waals surface area contributed by atoms with Gasteiger partial charge in [0.05, 0.1) is 5.56 Å². The van der Waals surface area contributed by atoms with E-state index in [1.54, 1.807) is 6.07 Å². The van der Waals surface area contributed by atoms with Gasteiger partial charge in [-0.05, 0) is 30.5 Å². The van der Waals surface area contributed by atoms with E-state index in [0.29, 0.717) is 12.6 Å². The van der Waals surface area contributed by atoms with E-state index in [4.69, 9.17) is 5.11 Å². The zero-order valence-corrected chi connectivity index (χ0v) is 8.16. The van der Waals surface area contributed by atoms with Gasteiger partial charge in [-0.2, -0.15) is 0 Å². The summed E-state index contributed by atoms with van der Waals surface area (Å²) in [5, 5.41) is 12.0. The van der Waals surface area contributed by atoms with E-state index in [1.807, 2.05) is 0 Å².